The molecule has 4 aromatic rings. The first kappa shape index (κ1) is 36.7. The van der Waals surface area contributed by atoms with Gasteiger partial charge in [0.1, 0.15) is 18.2 Å². The average molecular weight is 778 g/mol. The molecule has 9 rings (SSSR count). The molecule has 17 heteroatoms. The zero-order valence-corrected chi connectivity index (χ0v) is 31.5. The van der Waals surface area contributed by atoms with Crippen molar-refractivity contribution in [3.05, 3.63) is 66.0 Å². The van der Waals surface area contributed by atoms with Crippen LogP contribution in [0.15, 0.2) is 49.1 Å². The molecule has 4 saturated heterocycles. The molecular weight excluding hydrogens is 734 g/mol. The van der Waals surface area contributed by atoms with Crippen LogP contribution in [0, 0.1) is 17.7 Å². The lowest BCUT2D eigenvalue weighted by Crippen LogP contribution is -2.54. The maximum atomic E-state index is 15.4. The van der Waals surface area contributed by atoms with Gasteiger partial charge >= 0.3 is 0 Å². The van der Waals surface area contributed by atoms with Gasteiger partial charge in [0.05, 0.1) is 23.1 Å². The van der Waals surface area contributed by atoms with Crippen LogP contribution in [-0.2, 0) is 14.4 Å². The van der Waals surface area contributed by atoms with E-state index in [9.17, 15) is 24.0 Å². The third-order valence-corrected chi connectivity index (χ3v) is 12.2. The molecule has 1 unspecified atom stereocenters. The minimum atomic E-state index is -1.11. The number of imide groups is 2. The smallest absolute Gasteiger partial charge is 0.262 e. The number of aromatic nitrogens is 4. The zero-order chi connectivity index (χ0) is 39.2. The van der Waals surface area contributed by atoms with Gasteiger partial charge in [-0.3, -0.25) is 39.1 Å². The summed E-state index contributed by atoms with van der Waals surface area (Å²) in [4.78, 5) is 89.5. The lowest BCUT2D eigenvalue weighted by atomic mass is 9.91. The number of piperidine rings is 3. The van der Waals surface area contributed by atoms with E-state index < -0.39 is 35.5 Å². The number of halogens is 1. The Morgan fingerprint density at radius 3 is 2.25 bits per heavy atom. The lowest BCUT2D eigenvalue weighted by molar-refractivity contribution is -0.138. The van der Waals surface area contributed by atoms with Crippen LogP contribution >= 0.6 is 0 Å². The second-order valence-corrected chi connectivity index (χ2v) is 15.6. The minimum Gasteiger partial charge on any atom is -0.369 e. The van der Waals surface area contributed by atoms with Crippen molar-refractivity contribution in [3.63, 3.8) is 0 Å². The fourth-order valence-corrected chi connectivity index (χ4v) is 8.99. The molecule has 4 fully saturated rings. The van der Waals surface area contributed by atoms with Gasteiger partial charge in [0, 0.05) is 82.6 Å². The second kappa shape index (κ2) is 15.2. The number of amides is 5. The topological polar surface area (TPSA) is 180 Å². The molecule has 2 aromatic heterocycles. The number of carbonyl (C=O) groups excluding carboxylic acids is 5. The zero-order valence-electron chi connectivity index (χ0n) is 31.5. The van der Waals surface area contributed by atoms with Gasteiger partial charge < -0.3 is 25.0 Å². The van der Waals surface area contributed by atoms with E-state index in [2.05, 4.69) is 64.6 Å². The lowest BCUT2D eigenvalue weighted by Gasteiger charge is -2.41. The number of hydrogen-bond donors (Lipinski definition) is 3. The number of anilines is 4. The second-order valence-electron chi connectivity index (χ2n) is 15.6. The maximum Gasteiger partial charge on any atom is 0.262 e. The fourth-order valence-electron chi connectivity index (χ4n) is 8.99. The highest BCUT2D eigenvalue weighted by Gasteiger charge is 2.45. The predicted molar refractivity (Wildman–Crippen MR) is 207 cm³/mol. The first-order valence-electron chi connectivity index (χ1n) is 19.8. The highest BCUT2D eigenvalue weighted by atomic mass is 19.1. The van der Waals surface area contributed by atoms with Crippen LogP contribution in [-0.4, -0.2) is 129 Å². The molecule has 0 aliphatic carbocycles. The molecule has 5 amide bonds. The summed E-state index contributed by atoms with van der Waals surface area (Å²) in [6.07, 6.45) is 6.22. The van der Waals surface area contributed by atoms with Gasteiger partial charge in [-0.05, 0) is 74.4 Å². The fraction of sp³-hybridized carbons (Fsp3) is 0.450. The molecule has 1 atom stereocenters. The Bertz CT molecular complexity index is 2220. The van der Waals surface area contributed by atoms with Crippen LogP contribution < -0.4 is 20.4 Å². The SMILES string of the molecule is O=C1CCC(N2C(=O)c3cc(F)c(N4CCC(C(=O)N5CCC(CN6CCN(c7ccc(Nc8ncnc9[nH]cnc89)cc7)CC6)CC5)CC4)cc3C2=O)C(=O)N1. The minimum absolute atomic E-state index is 0.00750. The first-order valence-corrected chi connectivity index (χ1v) is 19.8. The van der Waals surface area contributed by atoms with Crippen LogP contribution in [0.4, 0.5) is 27.3 Å². The molecule has 0 spiro atoms. The Labute approximate surface area is 327 Å². The van der Waals surface area contributed by atoms with Crippen LogP contribution in [0.5, 0.6) is 0 Å². The average Bonchev–Trinajstić information content (AvgIpc) is 3.81. The van der Waals surface area contributed by atoms with E-state index in [-0.39, 0.29) is 41.5 Å². The van der Waals surface area contributed by atoms with Crippen LogP contribution in [0.2, 0.25) is 0 Å². The van der Waals surface area contributed by atoms with Gasteiger partial charge in [0.2, 0.25) is 17.7 Å². The number of rotatable bonds is 8. The number of likely N-dealkylation sites (tertiary alicyclic amines) is 1. The molecule has 2 aromatic carbocycles. The highest BCUT2D eigenvalue weighted by Crippen LogP contribution is 2.35. The van der Waals surface area contributed by atoms with Crippen molar-refractivity contribution in [2.45, 2.75) is 44.6 Å². The number of benzene rings is 2. The normalized spacial score (nSPS) is 21.4. The standard InChI is InChI=1S/C40H44FN11O5/c41-30-19-28-29(40(57)52(39(28)56)31-5-6-33(53)47-37(31)54)20-32(30)50-13-9-25(10-14-50)38(55)51-11-7-24(8-12-51)21-48-15-17-49(18-16-48)27-3-1-26(2-4-27)46-36-34-35(43-22-42-34)44-23-45-36/h1-4,19-20,22-25,31H,5-18,21H2,(H,47,53,54)(H2,42,43,44,45,46). The van der Waals surface area contributed by atoms with Gasteiger partial charge in [-0.2, -0.15) is 0 Å². The molecule has 0 saturated carbocycles. The van der Waals surface area contributed by atoms with E-state index in [4.69, 9.17) is 0 Å². The van der Waals surface area contributed by atoms with Crippen molar-refractivity contribution < 1.29 is 28.4 Å². The molecule has 16 nitrogen and oxygen atoms in total. The van der Waals surface area contributed by atoms with Crippen molar-refractivity contribution in [1.82, 2.24) is 40.0 Å². The van der Waals surface area contributed by atoms with E-state index in [0.29, 0.717) is 48.8 Å². The largest absolute Gasteiger partial charge is 0.369 e. The van der Waals surface area contributed by atoms with E-state index in [1.54, 1.807) is 6.33 Å². The summed E-state index contributed by atoms with van der Waals surface area (Å²) >= 11 is 0. The number of nitrogens with zero attached hydrogens (tertiary/aromatic N) is 8. The molecule has 0 radical (unpaired) electrons. The Hall–Kier alpha value is -5.97. The van der Waals surface area contributed by atoms with E-state index in [0.717, 1.165) is 75.3 Å². The summed E-state index contributed by atoms with van der Waals surface area (Å²) < 4.78 is 15.4. The van der Waals surface area contributed by atoms with Crippen molar-refractivity contribution in [3.8, 4) is 0 Å². The number of aromatic amines is 1. The molecule has 296 valence electrons. The summed E-state index contributed by atoms with van der Waals surface area (Å²) in [5, 5.41) is 5.51. The quantitative estimate of drug-likeness (QED) is 0.223. The van der Waals surface area contributed by atoms with Gasteiger partial charge in [-0.15, -0.1) is 0 Å². The van der Waals surface area contributed by atoms with Crippen LogP contribution in [0.3, 0.4) is 0 Å². The van der Waals surface area contributed by atoms with Crippen molar-refractivity contribution in [2.24, 2.45) is 11.8 Å². The Morgan fingerprint density at radius 2 is 1.53 bits per heavy atom. The number of nitrogens with one attached hydrogen (secondary N) is 3. The Balaban J connectivity index is 0.718. The van der Waals surface area contributed by atoms with Gasteiger partial charge in [0.15, 0.2) is 17.0 Å². The summed E-state index contributed by atoms with van der Waals surface area (Å²) in [6, 6.07) is 9.73. The number of piperazine rings is 1. The Morgan fingerprint density at radius 1 is 0.807 bits per heavy atom. The summed E-state index contributed by atoms with van der Waals surface area (Å²) in [6.45, 7) is 7.27. The van der Waals surface area contributed by atoms with Gasteiger partial charge in [-0.25, -0.2) is 19.3 Å². The molecule has 3 N–H and O–H groups in total. The third-order valence-electron chi connectivity index (χ3n) is 12.2. The van der Waals surface area contributed by atoms with Crippen molar-refractivity contribution in [2.75, 3.05) is 74.0 Å². The van der Waals surface area contributed by atoms with Crippen LogP contribution in [0.25, 0.3) is 11.2 Å². The predicted octanol–water partition coefficient (Wildman–Crippen LogP) is 2.91. The monoisotopic (exact) mass is 777 g/mol. The first-order chi connectivity index (χ1) is 27.7. The summed E-state index contributed by atoms with van der Waals surface area (Å²) in [5.41, 5.74) is 3.66. The van der Waals surface area contributed by atoms with Crippen LogP contribution in [0.1, 0.15) is 59.2 Å². The molecule has 57 heavy (non-hydrogen) atoms. The van der Waals surface area contributed by atoms with E-state index in [1.807, 2.05) is 9.80 Å². The van der Waals surface area contributed by atoms with E-state index in [1.165, 1.54) is 18.1 Å². The number of H-pyrrole nitrogens is 1. The molecular formula is C40H44FN11O5. The number of fused-ring (bicyclic) bond motifs is 2. The third kappa shape index (κ3) is 7.15. The highest BCUT2D eigenvalue weighted by molar-refractivity contribution is 6.23. The van der Waals surface area contributed by atoms with Gasteiger partial charge in [0.25, 0.3) is 11.8 Å². The summed E-state index contributed by atoms with van der Waals surface area (Å²) in [7, 11) is 0. The molecule has 7 heterocycles. The van der Waals surface area contributed by atoms with E-state index >= 15 is 4.39 Å². The van der Waals surface area contributed by atoms with Crippen molar-refractivity contribution >= 4 is 63.6 Å². The molecule has 0 bridgehead atoms. The van der Waals surface area contributed by atoms with Gasteiger partial charge in [-0.1, -0.05) is 0 Å². The Kier molecular flexibility index (Phi) is 9.76. The number of carbonyl (C=O) groups is 5. The molecule has 5 aliphatic heterocycles. The number of imidazole rings is 1. The maximum absolute atomic E-state index is 15.4. The number of hydrogen-bond acceptors (Lipinski definition) is 12. The molecule has 5 aliphatic rings. The summed E-state index contributed by atoms with van der Waals surface area (Å²) in [5.74, 6) is -2.01. The van der Waals surface area contributed by atoms with Crippen molar-refractivity contribution in [1.29, 1.82) is 0 Å².